The van der Waals surface area contributed by atoms with Gasteiger partial charge in [0.05, 0.1) is 5.69 Å². The van der Waals surface area contributed by atoms with E-state index >= 15 is 0 Å². The van der Waals surface area contributed by atoms with Gasteiger partial charge in [0.15, 0.2) is 0 Å². The molecule has 0 fully saturated rings. The topological polar surface area (TPSA) is 29.0 Å². The van der Waals surface area contributed by atoms with Gasteiger partial charge in [0, 0.05) is 35.6 Å². The van der Waals surface area contributed by atoms with Crippen LogP contribution in [-0.4, -0.2) is 21.4 Å². The maximum Gasteiger partial charge on any atom is 0.451 e. The number of rotatable bonds is 3. The molecule has 0 amide bonds. The highest BCUT2D eigenvalue weighted by molar-refractivity contribution is 7.15. The summed E-state index contributed by atoms with van der Waals surface area (Å²) in [6.45, 7) is 1.92. The molecule has 3 aromatic rings. The maximum absolute atomic E-state index is 12.8. The van der Waals surface area contributed by atoms with Crippen LogP contribution in [-0.2, 0) is 25.7 Å². The van der Waals surface area contributed by atoms with Gasteiger partial charge < -0.3 is 0 Å². The SMILES string of the molecule is FC(F)(F)c1ncc2c(n1)CN(Cc1ccc(-c3ccccc3)s1)CC2. The van der Waals surface area contributed by atoms with E-state index in [0.29, 0.717) is 25.2 Å². The zero-order valence-electron chi connectivity index (χ0n) is 13.8. The molecule has 4 rings (SSSR count). The normalized spacial score (nSPS) is 15.0. The molecule has 1 aliphatic rings. The van der Waals surface area contributed by atoms with Crippen molar-refractivity contribution in [1.29, 1.82) is 0 Å². The second-order valence-electron chi connectivity index (χ2n) is 6.26. The van der Waals surface area contributed by atoms with E-state index < -0.39 is 12.0 Å². The van der Waals surface area contributed by atoms with E-state index in [0.717, 1.165) is 12.1 Å². The molecule has 0 unspecified atom stereocenters. The standard InChI is InChI=1S/C19H16F3N3S/c20-19(21,22)18-23-10-14-8-9-25(12-16(14)24-18)11-15-6-7-17(26-15)13-4-2-1-3-5-13/h1-7,10H,8-9,11-12H2. The number of aromatic nitrogens is 2. The number of halogens is 3. The second kappa shape index (κ2) is 6.81. The Labute approximate surface area is 153 Å². The molecule has 1 aromatic carbocycles. The van der Waals surface area contributed by atoms with Crippen LogP contribution in [0.15, 0.2) is 48.7 Å². The van der Waals surface area contributed by atoms with Gasteiger partial charge in [-0.25, -0.2) is 9.97 Å². The lowest BCUT2D eigenvalue weighted by Gasteiger charge is -2.27. The van der Waals surface area contributed by atoms with Gasteiger partial charge in [-0.2, -0.15) is 13.2 Å². The number of alkyl halides is 3. The Morgan fingerprint density at radius 3 is 2.65 bits per heavy atom. The molecule has 0 bridgehead atoms. The van der Waals surface area contributed by atoms with Crippen LogP contribution in [0.4, 0.5) is 13.2 Å². The Hall–Kier alpha value is -2.25. The highest BCUT2D eigenvalue weighted by Gasteiger charge is 2.35. The van der Waals surface area contributed by atoms with E-state index in [9.17, 15) is 13.2 Å². The minimum Gasteiger partial charge on any atom is -0.292 e. The first-order valence-electron chi connectivity index (χ1n) is 8.27. The summed E-state index contributed by atoms with van der Waals surface area (Å²) in [5.41, 5.74) is 2.47. The highest BCUT2D eigenvalue weighted by Crippen LogP contribution is 2.31. The van der Waals surface area contributed by atoms with Crippen LogP contribution >= 0.6 is 11.3 Å². The van der Waals surface area contributed by atoms with E-state index in [1.54, 1.807) is 11.3 Å². The fourth-order valence-corrected chi connectivity index (χ4v) is 4.13. The average molecular weight is 375 g/mol. The zero-order valence-corrected chi connectivity index (χ0v) is 14.6. The second-order valence-corrected chi connectivity index (χ2v) is 7.42. The van der Waals surface area contributed by atoms with Crippen LogP contribution in [0.5, 0.6) is 0 Å². The van der Waals surface area contributed by atoms with E-state index in [-0.39, 0.29) is 0 Å². The van der Waals surface area contributed by atoms with Gasteiger partial charge in [-0.1, -0.05) is 30.3 Å². The van der Waals surface area contributed by atoms with Gasteiger partial charge in [0.1, 0.15) is 0 Å². The first-order chi connectivity index (χ1) is 12.5. The number of nitrogens with zero attached hydrogens (tertiary/aromatic N) is 3. The van der Waals surface area contributed by atoms with Crippen LogP contribution in [0.25, 0.3) is 10.4 Å². The summed E-state index contributed by atoms with van der Waals surface area (Å²) in [5, 5.41) is 0. The number of hydrogen-bond acceptors (Lipinski definition) is 4. The largest absolute Gasteiger partial charge is 0.451 e. The minimum atomic E-state index is -4.50. The molecule has 0 radical (unpaired) electrons. The Morgan fingerprint density at radius 1 is 1.08 bits per heavy atom. The summed E-state index contributed by atoms with van der Waals surface area (Å²) in [6, 6.07) is 14.3. The lowest BCUT2D eigenvalue weighted by atomic mass is 10.1. The summed E-state index contributed by atoms with van der Waals surface area (Å²) in [6.07, 6.45) is -2.51. The van der Waals surface area contributed by atoms with Gasteiger partial charge in [0.25, 0.3) is 0 Å². The maximum atomic E-state index is 12.8. The smallest absolute Gasteiger partial charge is 0.292 e. The molecule has 2 aromatic heterocycles. The molecular weight excluding hydrogens is 359 g/mol. The monoisotopic (exact) mass is 375 g/mol. The van der Waals surface area contributed by atoms with Crippen molar-refractivity contribution in [2.75, 3.05) is 6.54 Å². The lowest BCUT2D eigenvalue weighted by Crippen LogP contribution is -2.31. The van der Waals surface area contributed by atoms with Crippen LogP contribution in [0, 0.1) is 0 Å². The van der Waals surface area contributed by atoms with E-state index in [2.05, 4.69) is 39.1 Å². The van der Waals surface area contributed by atoms with Crippen LogP contribution in [0.3, 0.4) is 0 Å². The van der Waals surface area contributed by atoms with E-state index in [1.807, 2.05) is 18.2 Å². The molecule has 134 valence electrons. The minimum absolute atomic E-state index is 0.416. The molecule has 7 heteroatoms. The summed E-state index contributed by atoms with van der Waals surface area (Å²) in [7, 11) is 0. The van der Waals surface area contributed by atoms with E-state index in [4.69, 9.17) is 0 Å². The van der Waals surface area contributed by atoms with Crippen LogP contribution in [0.2, 0.25) is 0 Å². The van der Waals surface area contributed by atoms with Crippen molar-refractivity contribution in [3.8, 4) is 10.4 Å². The molecule has 1 aliphatic heterocycles. The lowest BCUT2D eigenvalue weighted by molar-refractivity contribution is -0.145. The number of hydrogen-bond donors (Lipinski definition) is 0. The van der Waals surface area contributed by atoms with Crippen LogP contribution in [0.1, 0.15) is 22.0 Å². The molecule has 3 heterocycles. The van der Waals surface area contributed by atoms with Crippen molar-refractivity contribution in [3.63, 3.8) is 0 Å². The Morgan fingerprint density at radius 2 is 1.88 bits per heavy atom. The van der Waals surface area contributed by atoms with Gasteiger partial charge in [-0.15, -0.1) is 11.3 Å². The molecule has 0 spiro atoms. The Bertz CT molecular complexity index is 906. The summed E-state index contributed by atoms with van der Waals surface area (Å²) >= 11 is 1.71. The zero-order chi connectivity index (χ0) is 18.1. The molecule has 0 N–H and O–H groups in total. The number of benzene rings is 1. The predicted molar refractivity (Wildman–Crippen MR) is 94.6 cm³/mol. The first-order valence-corrected chi connectivity index (χ1v) is 9.09. The molecule has 0 saturated carbocycles. The van der Waals surface area contributed by atoms with Crippen molar-refractivity contribution < 1.29 is 13.2 Å². The third kappa shape index (κ3) is 3.64. The molecule has 0 saturated heterocycles. The van der Waals surface area contributed by atoms with Gasteiger partial charge in [-0.05, 0) is 29.7 Å². The fraction of sp³-hybridized carbons (Fsp3) is 0.263. The van der Waals surface area contributed by atoms with Gasteiger partial charge in [0.2, 0.25) is 5.82 Å². The summed E-state index contributed by atoms with van der Waals surface area (Å²) < 4.78 is 38.5. The highest BCUT2D eigenvalue weighted by atomic mass is 32.1. The molecular formula is C19H16F3N3S. The molecule has 3 nitrogen and oxygen atoms in total. The van der Waals surface area contributed by atoms with Crippen molar-refractivity contribution >= 4 is 11.3 Å². The fourth-order valence-electron chi connectivity index (χ4n) is 3.07. The Kier molecular flexibility index (Phi) is 4.50. The van der Waals surface area contributed by atoms with Crippen molar-refractivity contribution in [2.24, 2.45) is 0 Å². The third-order valence-corrected chi connectivity index (χ3v) is 5.50. The molecule has 26 heavy (non-hydrogen) atoms. The van der Waals surface area contributed by atoms with Crippen LogP contribution < -0.4 is 0 Å². The van der Waals surface area contributed by atoms with Gasteiger partial charge in [-0.3, -0.25) is 4.90 Å². The molecule has 0 atom stereocenters. The van der Waals surface area contributed by atoms with Crippen molar-refractivity contribution in [2.45, 2.75) is 25.7 Å². The summed E-state index contributed by atoms with van der Waals surface area (Å²) in [4.78, 5) is 11.7. The van der Waals surface area contributed by atoms with Crippen molar-refractivity contribution in [1.82, 2.24) is 14.9 Å². The quantitative estimate of drug-likeness (QED) is 0.660. The molecule has 0 aliphatic carbocycles. The number of fused-ring (bicyclic) bond motifs is 1. The third-order valence-electron chi connectivity index (χ3n) is 4.38. The predicted octanol–water partition coefficient (Wildman–Crippen LogP) is 4.78. The first kappa shape index (κ1) is 17.2. The number of thiophene rings is 1. The average Bonchev–Trinajstić information content (AvgIpc) is 3.09. The Balaban J connectivity index is 1.49. The van der Waals surface area contributed by atoms with Gasteiger partial charge >= 0.3 is 6.18 Å². The van der Waals surface area contributed by atoms with E-state index in [1.165, 1.54) is 21.5 Å². The van der Waals surface area contributed by atoms with Crippen molar-refractivity contribution in [3.05, 3.63) is 70.6 Å². The summed E-state index contributed by atoms with van der Waals surface area (Å²) in [5.74, 6) is -1.06.